The van der Waals surface area contributed by atoms with E-state index in [0.717, 1.165) is 22.2 Å². The fourth-order valence-electron chi connectivity index (χ4n) is 2.91. The average molecular weight is 364 g/mol. The molecule has 0 aliphatic carbocycles. The summed E-state index contributed by atoms with van der Waals surface area (Å²) >= 11 is 0. The number of aryl methyl sites for hydroxylation is 2. The van der Waals surface area contributed by atoms with Gasteiger partial charge in [-0.15, -0.1) is 0 Å². The van der Waals surface area contributed by atoms with Crippen LogP contribution in [0.2, 0.25) is 0 Å². The summed E-state index contributed by atoms with van der Waals surface area (Å²) < 4.78 is 5.51. The van der Waals surface area contributed by atoms with Crippen LogP contribution in [0, 0.1) is 13.8 Å². The van der Waals surface area contributed by atoms with Crippen molar-refractivity contribution in [2.75, 3.05) is 13.2 Å². The quantitative estimate of drug-likeness (QED) is 0.676. The van der Waals surface area contributed by atoms with Gasteiger partial charge in [-0.1, -0.05) is 18.2 Å². The van der Waals surface area contributed by atoms with Crippen molar-refractivity contribution < 1.29 is 9.53 Å². The van der Waals surface area contributed by atoms with Gasteiger partial charge in [-0.2, -0.15) is 0 Å². The van der Waals surface area contributed by atoms with Crippen molar-refractivity contribution >= 4 is 16.8 Å². The topological polar surface area (TPSA) is 71.2 Å². The maximum atomic E-state index is 12.2. The number of carbonyl (C=O) groups excluding carboxylic acids is 1. The van der Waals surface area contributed by atoms with Crippen LogP contribution >= 0.6 is 0 Å². The molecule has 0 atom stereocenters. The Morgan fingerprint density at radius 2 is 1.81 bits per heavy atom. The summed E-state index contributed by atoms with van der Waals surface area (Å²) in [5.41, 5.74) is 3.75. The smallest absolute Gasteiger partial charge is 0.251 e. The molecule has 5 nitrogen and oxygen atoms in total. The van der Waals surface area contributed by atoms with E-state index in [2.05, 4.69) is 23.3 Å². The number of pyridine rings is 1. The molecule has 0 unspecified atom stereocenters. The normalized spacial score (nSPS) is 10.7. The van der Waals surface area contributed by atoms with Gasteiger partial charge in [0.05, 0.1) is 13.0 Å². The second-order valence-corrected chi connectivity index (χ2v) is 6.66. The van der Waals surface area contributed by atoms with E-state index < -0.39 is 0 Å². The third kappa shape index (κ3) is 4.97. The van der Waals surface area contributed by atoms with Crippen molar-refractivity contribution in [3.8, 4) is 5.75 Å². The lowest BCUT2D eigenvalue weighted by Crippen LogP contribution is -2.28. The van der Waals surface area contributed by atoms with Gasteiger partial charge in [-0.25, -0.2) is 0 Å². The van der Waals surface area contributed by atoms with E-state index in [1.807, 2.05) is 49.4 Å². The van der Waals surface area contributed by atoms with Crippen molar-refractivity contribution in [1.29, 1.82) is 0 Å². The highest BCUT2D eigenvalue weighted by molar-refractivity contribution is 5.80. The molecule has 5 heteroatoms. The number of ether oxygens (including phenoxy) is 1. The molecule has 0 spiro atoms. The van der Waals surface area contributed by atoms with Crippen molar-refractivity contribution in [3.05, 3.63) is 75.6 Å². The Bertz CT molecular complexity index is 994. The van der Waals surface area contributed by atoms with E-state index in [1.54, 1.807) is 0 Å². The van der Waals surface area contributed by atoms with Crippen LogP contribution in [-0.2, 0) is 11.2 Å². The molecule has 0 fully saturated rings. The minimum absolute atomic E-state index is 0.0883. The van der Waals surface area contributed by atoms with Crippen LogP contribution in [0.1, 0.15) is 23.1 Å². The van der Waals surface area contributed by atoms with Gasteiger partial charge in [0.1, 0.15) is 5.75 Å². The molecule has 0 saturated carbocycles. The number of rotatable bonds is 7. The van der Waals surface area contributed by atoms with E-state index in [0.29, 0.717) is 25.1 Å². The first kappa shape index (κ1) is 18.7. The molecule has 27 heavy (non-hydrogen) atoms. The molecule has 1 heterocycles. The van der Waals surface area contributed by atoms with Crippen LogP contribution in [-0.4, -0.2) is 24.0 Å². The lowest BCUT2D eigenvalue weighted by atomic mass is 10.0. The predicted molar refractivity (Wildman–Crippen MR) is 107 cm³/mol. The van der Waals surface area contributed by atoms with Crippen LogP contribution in [0.15, 0.2) is 53.3 Å². The van der Waals surface area contributed by atoms with Gasteiger partial charge in [0.2, 0.25) is 5.91 Å². The Morgan fingerprint density at radius 1 is 1.07 bits per heavy atom. The second-order valence-electron chi connectivity index (χ2n) is 6.66. The van der Waals surface area contributed by atoms with Crippen LogP contribution in [0.5, 0.6) is 5.75 Å². The summed E-state index contributed by atoms with van der Waals surface area (Å²) in [6.07, 6.45) is 0.769. The summed E-state index contributed by atoms with van der Waals surface area (Å²) in [5.74, 6) is 0.660. The third-order valence-electron chi connectivity index (χ3n) is 4.59. The van der Waals surface area contributed by atoms with Gasteiger partial charge in [-0.05, 0) is 67.1 Å². The van der Waals surface area contributed by atoms with Crippen molar-refractivity contribution in [2.45, 2.75) is 26.7 Å². The monoisotopic (exact) mass is 364 g/mol. The molecule has 1 aromatic heterocycles. The lowest BCUT2D eigenvalue weighted by Gasteiger charge is -2.08. The SMILES string of the molecule is Cc1cc2cc(CCNC(=O)CCOc3ccccc3)c(=O)[nH]c2cc1C. The van der Waals surface area contributed by atoms with Gasteiger partial charge in [-0.3, -0.25) is 9.59 Å². The molecular weight excluding hydrogens is 340 g/mol. The molecule has 1 amide bonds. The Morgan fingerprint density at radius 3 is 2.59 bits per heavy atom. The molecule has 0 bridgehead atoms. The van der Waals surface area contributed by atoms with E-state index in [1.165, 1.54) is 5.56 Å². The van der Waals surface area contributed by atoms with Gasteiger partial charge in [0, 0.05) is 17.6 Å². The first-order chi connectivity index (χ1) is 13.0. The number of carbonyl (C=O) groups is 1. The standard InChI is InChI=1S/C22H24N2O3/c1-15-12-18-14-17(22(26)24-20(18)13-16(15)2)8-10-23-21(25)9-11-27-19-6-4-3-5-7-19/h3-7,12-14H,8-11H2,1-2H3,(H,23,25)(H,24,26). The largest absolute Gasteiger partial charge is 0.493 e. The highest BCUT2D eigenvalue weighted by Gasteiger charge is 2.06. The number of H-pyrrole nitrogens is 1. The summed E-state index contributed by atoms with van der Waals surface area (Å²) in [6, 6.07) is 15.4. The van der Waals surface area contributed by atoms with Gasteiger partial charge < -0.3 is 15.0 Å². The van der Waals surface area contributed by atoms with Crippen molar-refractivity contribution in [2.24, 2.45) is 0 Å². The first-order valence-corrected chi connectivity index (χ1v) is 9.10. The van der Waals surface area contributed by atoms with E-state index in [9.17, 15) is 9.59 Å². The fourth-order valence-corrected chi connectivity index (χ4v) is 2.91. The maximum Gasteiger partial charge on any atom is 0.251 e. The zero-order valence-electron chi connectivity index (χ0n) is 15.7. The molecular formula is C22H24N2O3. The molecule has 3 aromatic rings. The molecule has 2 aromatic carbocycles. The number of benzene rings is 2. The minimum atomic E-state index is -0.104. The summed E-state index contributed by atoms with van der Waals surface area (Å²) in [4.78, 5) is 27.1. The second kappa shape index (κ2) is 8.54. The molecule has 0 aliphatic heterocycles. The average Bonchev–Trinajstić information content (AvgIpc) is 2.65. The summed E-state index contributed by atoms with van der Waals surface area (Å²) in [5, 5.41) is 3.85. The van der Waals surface area contributed by atoms with E-state index >= 15 is 0 Å². The summed E-state index contributed by atoms with van der Waals surface area (Å²) in [7, 11) is 0. The highest BCUT2D eigenvalue weighted by atomic mass is 16.5. The highest BCUT2D eigenvalue weighted by Crippen LogP contribution is 2.17. The van der Waals surface area contributed by atoms with E-state index in [4.69, 9.17) is 4.74 Å². The number of fused-ring (bicyclic) bond motifs is 1. The Kier molecular flexibility index (Phi) is 5.91. The number of para-hydroxylation sites is 1. The minimum Gasteiger partial charge on any atom is -0.493 e. The first-order valence-electron chi connectivity index (χ1n) is 9.10. The third-order valence-corrected chi connectivity index (χ3v) is 4.59. The zero-order chi connectivity index (χ0) is 19.2. The van der Waals surface area contributed by atoms with Crippen LogP contribution in [0.25, 0.3) is 10.9 Å². The summed E-state index contributed by atoms with van der Waals surface area (Å²) in [6.45, 7) is 4.82. The number of aromatic amines is 1. The molecule has 0 saturated heterocycles. The molecule has 0 radical (unpaired) electrons. The maximum absolute atomic E-state index is 12.2. The van der Waals surface area contributed by atoms with Crippen LogP contribution < -0.4 is 15.6 Å². The van der Waals surface area contributed by atoms with Gasteiger partial charge in [0.15, 0.2) is 0 Å². The zero-order valence-corrected chi connectivity index (χ0v) is 15.7. The van der Waals surface area contributed by atoms with Crippen molar-refractivity contribution in [3.63, 3.8) is 0 Å². The fraction of sp³-hybridized carbons (Fsp3) is 0.273. The van der Waals surface area contributed by atoms with E-state index in [-0.39, 0.29) is 17.9 Å². The Hall–Kier alpha value is -3.08. The molecule has 3 rings (SSSR count). The number of nitrogens with one attached hydrogen (secondary N) is 2. The van der Waals surface area contributed by atoms with Gasteiger partial charge >= 0.3 is 0 Å². The van der Waals surface area contributed by atoms with Crippen LogP contribution in [0.4, 0.5) is 0 Å². The molecule has 2 N–H and O–H groups in total. The Labute approximate surface area is 158 Å². The molecule has 140 valence electrons. The number of hydrogen-bond donors (Lipinski definition) is 2. The lowest BCUT2D eigenvalue weighted by molar-refractivity contribution is -0.121. The van der Waals surface area contributed by atoms with Crippen LogP contribution in [0.3, 0.4) is 0 Å². The molecule has 0 aliphatic rings. The number of aromatic nitrogens is 1. The van der Waals surface area contributed by atoms with Crippen molar-refractivity contribution in [1.82, 2.24) is 10.3 Å². The van der Waals surface area contributed by atoms with Gasteiger partial charge in [0.25, 0.3) is 5.56 Å². The number of amides is 1. The Balaban J connectivity index is 1.51. The number of hydrogen-bond acceptors (Lipinski definition) is 3. The predicted octanol–water partition coefficient (Wildman–Crippen LogP) is 3.27.